The molecular weight excluding hydrogens is 972 g/mol. The lowest BCUT2D eigenvalue weighted by Crippen LogP contribution is -2.58. The van der Waals surface area contributed by atoms with Gasteiger partial charge in [0.25, 0.3) is 0 Å². The molecule has 24 heteroatoms. The Balaban J connectivity index is 1.77. The molecule has 0 saturated carbocycles. The summed E-state index contributed by atoms with van der Waals surface area (Å²) in [5.41, 5.74) is 35.6. The Morgan fingerprint density at radius 3 is 2.12 bits per heavy atom. The number of rotatable bonds is 18. The minimum Gasteiger partial charge on any atom is -0.370 e. The Labute approximate surface area is 434 Å². The number of ketones is 3. The number of guanidine groups is 2. The van der Waals surface area contributed by atoms with Crippen LogP contribution >= 0.6 is 0 Å². The first-order valence-electron chi connectivity index (χ1n) is 25.2. The summed E-state index contributed by atoms with van der Waals surface area (Å²) >= 11 is 0. The molecule has 1 fully saturated rings. The summed E-state index contributed by atoms with van der Waals surface area (Å²) in [7, 11) is 0. The molecule has 23 nitrogen and oxygen atoms in total. The lowest BCUT2D eigenvalue weighted by molar-refractivity contribution is -0.135. The molecule has 3 aromatic rings. The quantitative estimate of drug-likeness (QED) is 0.0437. The molecule has 1 aliphatic rings. The Bertz CT molecular complexity index is 2540. The van der Waals surface area contributed by atoms with Crippen molar-refractivity contribution in [3.05, 3.63) is 71.7 Å². The first-order chi connectivity index (χ1) is 35.7. The van der Waals surface area contributed by atoms with Crippen molar-refractivity contribution in [2.45, 2.75) is 133 Å². The number of nitrogens with one attached hydrogen (secondary N) is 6. The number of Topliss-reactive ketones (excluding diaryl/α,β-unsaturated/α-hetero) is 3. The summed E-state index contributed by atoms with van der Waals surface area (Å²) < 4.78 is 14.6. The van der Waals surface area contributed by atoms with Gasteiger partial charge in [0.05, 0.1) is 6.04 Å². The number of carbonyl (C=O) groups excluding carboxylic acids is 9. The SMILES string of the molecule is CC(=O)N[C@@H](CCCN=C(N)N)C(=O)N[C@H]1CCC(=O)CCCC[C@@H](C(N)=O)NC(=O)[C@H](Cc2c[nH]c3ccccc23)CC(=O)[C@H](CCCN=C(N)N)CC(=O)[C@@H](Cc2cccc(F)c2)NC(=O)[C@H](CCN)NC1=O. The molecule has 0 aliphatic carbocycles. The van der Waals surface area contributed by atoms with Crippen LogP contribution in [0.15, 0.2) is 64.7 Å². The number of primary amides is 1. The maximum atomic E-state index is 14.7. The van der Waals surface area contributed by atoms with Crippen molar-refractivity contribution in [2.75, 3.05) is 19.6 Å². The lowest BCUT2D eigenvalue weighted by atomic mass is 9.83. The van der Waals surface area contributed by atoms with Crippen molar-refractivity contribution in [1.29, 1.82) is 0 Å². The van der Waals surface area contributed by atoms with Gasteiger partial charge in [0, 0.05) is 74.6 Å². The van der Waals surface area contributed by atoms with Gasteiger partial charge in [0.1, 0.15) is 41.6 Å². The summed E-state index contributed by atoms with van der Waals surface area (Å²) in [6.07, 6.45) is 1.06. The van der Waals surface area contributed by atoms with Gasteiger partial charge in [-0.25, -0.2) is 4.39 Å². The summed E-state index contributed by atoms with van der Waals surface area (Å²) in [6, 6.07) is 6.05. The van der Waals surface area contributed by atoms with Crippen LogP contribution in [0.2, 0.25) is 0 Å². The first kappa shape index (κ1) is 59.8. The molecule has 0 bridgehead atoms. The fourth-order valence-corrected chi connectivity index (χ4v) is 8.90. The molecule has 0 unspecified atom stereocenters. The second kappa shape index (κ2) is 30.4. The topological polar surface area (TPSA) is 410 Å². The number of fused-ring (bicyclic) bond motifs is 1. The molecule has 4 rings (SSSR count). The maximum absolute atomic E-state index is 14.7. The van der Waals surface area contributed by atoms with Crippen LogP contribution in [0.3, 0.4) is 0 Å². The number of halogens is 1. The second-order valence-electron chi connectivity index (χ2n) is 18.8. The number of amides is 6. The van der Waals surface area contributed by atoms with Crippen molar-refractivity contribution in [3.8, 4) is 0 Å². The van der Waals surface area contributed by atoms with E-state index < -0.39 is 108 Å². The summed E-state index contributed by atoms with van der Waals surface area (Å²) in [5, 5.41) is 14.0. The van der Waals surface area contributed by atoms with Crippen LogP contribution in [0.1, 0.15) is 102 Å². The largest absolute Gasteiger partial charge is 0.370 e. The summed E-state index contributed by atoms with van der Waals surface area (Å²) in [4.78, 5) is 136. The van der Waals surface area contributed by atoms with Gasteiger partial charge >= 0.3 is 0 Å². The lowest BCUT2D eigenvalue weighted by Gasteiger charge is -2.27. The smallest absolute Gasteiger partial charge is 0.243 e. The Morgan fingerprint density at radius 1 is 0.747 bits per heavy atom. The number of aliphatic imine (C=N–C) groups is 2. The third-order valence-corrected chi connectivity index (χ3v) is 12.8. The minimum atomic E-state index is -1.45. The summed E-state index contributed by atoms with van der Waals surface area (Å²) in [5.74, 6) is -9.23. The van der Waals surface area contributed by atoms with E-state index in [0.29, 0.717) is 11.1 Å². The van der Waals surface area contributed by atoms with Gasteiger partial charge in [-0.05, 0) is 100 Å². The standard InChI is InChI=1S/C51H73FN14O9/c1-29(67)62-39(16-8-22-60-51(57)58)47(73)64-40-18-17-35(68)12-2-4-15-38(45(54)71)63-46(72)32(25-33-28-61-37-14-5-3-13-36(33)37)27-43(69)31(10-7-21-59-50(55)56)26-44(70)42(24-30-9-6-11-34(52)23-30)66-49(75)41(19-20-53)65-48(40)74/h3,5-6,9,11,13-14,23,28,31-32,38-42,61H,2,4,7-8,10,12,15-22,24-27,53H2,1H3,(H2,54,71)(H,62,67)(H,63,72)(H,64,73)(H,65,74)(H,66,75)(H4,55,56,59)(H4,57,58,60)/t31-,32-,38+,39+,40+,41+,42-/m1/s1. The summed E-state index contributed by atoms with van der Waals surface area (Å²) in [6.45, 7) is 1.26. The highest BCUT2D eigenvalue weighted by Crippen LogP contribution is 2.26. The zero-order chi connectivity index (χ0) is 55.0. The van der Waals surface area contributed by atoms with E-state index in [9.17, 15) is 47.5 Å². The van der Waals surface area contributed by atoms with Crippen LogP contribution < -0.4 is 61.0 Å². The zero-order valence-electron chi connectivity index (χ0n) is 42.4. The van der Waals surface area contributed by atoms with E-state index in [-0.39, 0.29) is 121 Å². The Hall–Kier alpha value is -7.76. The molecule has 1 aromatic heterocycles. The van der Waals surface area contributed by atoms with Gasteiger partial charge in [0.15, 0.2) is 17.7 Å². The zero-order valence-corrected chi connectivity index (χ0v) is 42.4. The number of H-pyrrole nitrogens is 1. The van der Waals surface area contributed by atoms with Crippen molar-refractivity contribution >= 4 is 75.6 Å². The third kappa shape index (κ3) is 20.6. The van der Waals surface area contributed by atoms with Gasteiger partial charge in [-0.15, -0.1) is 0 Å². The molecule has 0 spiro atoms. The van der Waals surface area contributed by atoms with E-state index >= 15 is 0 Å². The molecule has 0 radical (unpaired) electrons. The van der Waals surface area contributed by atoms with Gasteiger partial charge in [-0.1, -0.05) is 36.8 Å². The number of aromatic amines is 1. The number of benzene rings is 2. The molecule has 7 atom stereocenters. The van der Waals surface area contributed by atoms with Crippen LogP contribution in [0.5, 0.6) is 0 Å². The fraction of sp³-hybridized carbons (Fsp3) is 0.510. The van der Waals surface area contributed by atoms with Gasteiger partial charge in [-0.3, -0.25) is 53.1 Å². The van der Waals surface area contributed by atoms with E-state index in [1.165, 1.54) is 25.1 Å². The molecule has 75 heavy (non-hydrogen) atoms. The Kier molecular flexibility index (Phi) is 24.3. The molecule has 1 saturated heterocycles. The number of hydrogen-bond donors (Lipinski definition) is 12. The molecular formula is C51H73FN14O9. The highest BCUT2D eigenvalue weighted by Gasteiger charge is 2.35. The van der Waals surface area contributed by atoms with E-state index in [2.05, 4.69) is 41.6 Å². The van der Waals surface area contributed by atoms with Crippen LogP contribution in [0, 0.1) is 17.7 Å². The molecule has 1 aliphatic heterocycles. The van der Waals surface area contributed by atoms with Crippen molar-refractivity contribution < 1.29 is 47.5 Å². The van der Waals surface area contributed by atoms with Gasteiger partial charge in [0.2, 0.25) is 35.4 Å². The van der Waals surface area contributed by atoms with E-state index in [4.69, 9.17) is 34.4 Å². The van der Waals surface area contributed by atoms with E-state index in [1.54, 1.807) is 12.3 Å². The fourth-order valence-electron chi connectivity index (χ4n) is 8.90. The highest BCUT2D eigenvalue weighted by molar-refractivity contribution is 5.98. The van der Waals surface area contributed by atoms with Gasteiger partial charge < -0.3 is 66.0 Å². The second-order valence-corrected chi connectivity index (χ2v) is 18.8. The number of carbonyl (C=O) groups is 9. The normalized spacial score (nSPS) is 21.4. The monoisotopic (exact) mass is 1040 g/mol. The minimum absolute atomic E-state index is 0.0256. The average Bonchev–Trinajstić information content (AvgIpc) is 3.76. The van der Waals surface area contributed by atoms with Crippen LogP contribution in [-0.4, -0.2) is 120 Å². The number of para-hydroxylation sites is 1. The predicted octanol–water partition coefficient (Wildman–Crippen LogP) is -0.448. The van der Waals surface area contributed by atoms with Crippen molar-refractivity contribution in [2.24, 2.45) is 56.2 Å². The molecule has 408 valence electrons. The molecule has 18 N–H and O–H groups in total. The van der Waals surface area contributed by atoms with E-state index in [1.807, 2.05) is 24.3 Å². The number of nitrogens with zero attached hydrogens (tertiary/aromatic N) is 2. The van der Waals surface area contributed by atoms with Crippen LogP contribution in [0.25, 0.3) is 10.9 Å². The Morgan fingerprint density at radius 2 is 1.44 bits per heavy atom. The number of aromatic nitrogens is 1. The number of nitrogens with two attached hydrogens (primary N) is 6. The van der Waals surface area contributed by atoms with Crippen LogP contribution in [-0.2, 0) is 56.0 Å². The third-order valence-electron chi connectivity index (χ3n) is 12.8. The van der Waals surface area contributed by atoms with Crippen LogP contribution in [0.4, 0.5) is 4.39 Å². The van der Waals surface area contributed by atoms with E-state index in [0.717, 1.165) is 10.9 Å². The first-order valence-corrected chi connectivity index (χ1v) is 25.2. The van der Waals surface area contributed by atoms with Crippen molar-refractivity contribution in [3.63, 3.8) is 0 Å². The van der Waals surface area contributed by atoms with Crippen molar-refractivity contribution in [1.82, 2.24) is 31.6 Å². The number of hydrogen-bond acceptors (Lipinski definition) is 12. The highest BCUT2D eigenvalue weighted by atomic mass is 19.1. The average molecular weight is 1050 g/mol. The molecule has 2 aromatic carbocycles. The maximum Gasteiger partial charge on any atom is 0.243 e. The molecule has 6 amide bonds. The van der Waals surface area contributed by atoms with Gasteiger partial charge in [-0.2, -0.15) is 0 Å². The molecule has 2 heterocycles. The predicted molar refractivity (Wildman–Crippen MR) is 279 cm³/mol.